The van der Waals surface area contributed by atoms with E-state index in [0.717, 1.165) is 11.3 Å². The maximum atomic E-state index is 13.3. The third-order valence-electron chi connectivity index (χ3n) is 5.25. The van der Waals surface area contributed by atoms with Crippen molar-refractivity contribution in [3.63, 3.8) is 0 Å². The molecule has 0 radical (unpaired) electrons. The number of para-hydroxylation sites is 1. The zero-order chi connectivity index (χ0) is 19.3. The minimum Gasteiger partial charge on any atom is -0.467 e. The molecule has 0 saturated carbocycles. The summed E-state index contributed by atoms with van der Waals surface area (Å²) in [6, 6.07) is 19.8. The van der Waals surface area contributed by atoms with Crippen LogP contribution in [0.25, 0.3) is 0 Å². The number of nitrogens with zero attached hydrogens (tertiary/aromatic N) is 2. The van der Waals surface area contributed by atoms with Crippen molar-refractivity contribution in [3.05, 3.63) is 84.3 Å². The molecule has 2 aromatic carbocycles. The molecule has 2 saturated heterocycles. The number of benzene rings is 2. The topological polar surface area (TPSA) is 63.0 Å². The average Bonchev–Trinajstić information content (AvgIpc) is 3.42. The van der Waals surface area contributed by atoms with Gasteiger partial charge in [-0.05, 0) is 43.3 Å². The van der Waals surface area contributed by atoms with Crippen molar-refractivity contribution in [2.45, 2.75) is 19.1 Å². The van der Waals surface area contributed by atoms with Gasteiger partial charge in [0.2, 0.25) is 5.91 Å². The molecule has 2 aliphatic heterocycles. The van der Waals surface area contributed by atoms with E-state index in [0.29, 0.717) is 11.4 Å². The van der Waals surface area contributed by atoms with E-state index in [1.165, 1.54) is 4.90 Å². The van der Waals surface area contributed by atoms with Crippen molar-refractivity contribution < 1.29 is 18.8 Å². The third-order valence-corrected chi connectivity index (χ3v) is 5.25. The van der Waals surface area contributed by atoms with E-state index in [1.54, 1.807) is 35.6 Å². The van der Waals surface area contributed by atoms with Gasteiger partial charge in [-0.25, -0.2) is 9.96 Å². The lowest BCUT2D eigenvalue weighted by Gasteiger charge is -2.27. The predicted octanol–water partition coefficient (Wildman–Crippen LogP) is 3.64. The Morgan fingerprint density at radius 3 is 2.25 bits per heavy atom. The Labute approximate surface area is 161 Å². The smallest absolute Gasteiger partial charge is 0.266 e. The van der Waals surface area contributed by atoms with Crippen molar-refractivity contribution in [1.82, 2.24) is 0 Å². The van der Waals surface area contributed by atoms with Crippen LogP contribution in [0.3, 0.4) is 0 Å². The van der Waals surface area contributed by atoms with Crippen LogP contribution < -0.4 is 9.96 Å². The number of carbonyl (C=O) groups is 2. The van der Waals surface area contributed by atoms with Crippen molar-refractivity contribution in [1.29, 1.82) is 0 Å². The number of carbonyl (C=O) groups excluding carboxylic acids is 2. The van der Waals surface area contributed by atoms with Crippen LogP contribution >= 0.6 is 0 Å². The summed E-state index contributed by atoms with van der Waals surface area (Å²) in [5, 5.41) is 1.62. The zero-order valence-corrected chi connectivity index (χ0v) is 15.2. The molecule has 140 valence electrons. The lowest BCUT2D eigenvalue weighted by atomic mass is 9.94. The number of fused-ring (bicyclic) bond motifs is 1. The quantitative estimate of drug-likeness (QED) is 0.655. The maximum absolute atomic E-state index is 13.3. The van der Waals surface area contributed by atoms with Gasteiger partial charge < -0.3 is 4.42 Å². The molecular formula is C22H18N2O4. The summed E-state index contributed by atoms with van der Waals surface area (Å²) in [4.78, 5) is 33.7. The van der Waals surface area contributed by atoms with Crippen LogP contribution in [-0.4, -0.2) is 17.9 Å². The Bertz CT molecular complexity index is 1010. The average molecular weight is 374 g/mol. The Balaban J connectivity index is 1.56. The summed E-state index contributed by atoms with van der Waals surface area (Å²) in [5.41, 5.74) is 2.38. The summed E-state index contributed by atoms with van der Waals surface area (Å²) in [7, 11) is 0. The van der Waals surface area contributed by atoms with Gasteiger partial charge in [0.1, 0.15) is 17.7 Å². The molecule has 3 heterocycles. The second kappa shape index (κ2) is 6.35. The van der Waals surface area contributed by atoms with Gasteiger partial charge in [0.05, 0.1) is 17.6 Å². The van der Waals surface area contributed by atoms with Gasteiger partial charge >= 0.3 is 0 Å². The molecule has 28 heavy (non-hydrogen) atoms. The van der Waals surface area contributed by atoms with Crippen LogP contribution in [0, 0.1) is 12.8 Å². The predicted molar refractivity (Wildman–Crippen MR) is 102 cm³/mol. The number of hydroxylamine groups is 1. The summed E-state index contributed by atoms with van der Waals surface area (Å²) in [6.07, 6.45) is 0.675. The zero-order valence-electron chi connectivity index (χ0n) is 15.2. The molecule has 3 aromatic rings. The first-order chi connectivity index (χ1) is 13.6. The highest BCUT2D eigenvalue weighted by molar-refractivity contribution is 6.23. The number of hydrogen-bond donors (Lipinski definition) is 0. The fraction of sp³-hybridized carbons (Fsp3) is 0.182. The van der Waals surface area contributed by atoms with Gasteiger partial charge in [0.25, 0.3) is 5.91 Å². The van der Waals surface area contributed by atoms with Crippen LogP contribution in [0.15, 0.2) is 77.4 Å². The first-order valence-corrected chi connectivity index (χ1v) is 9.14. The molecule has 2 amide bonds. The van der Waals surface area contributed by atoms with E-state index in [1.807, 2.05) is 49.4 Å². The highest BCUT2D eigenvalue weighted by atomic mass is 16.7. The number of imide groups is 1. The highest BCUT2D eigenvalue weighted by Gasteiger charge is 2.61. The highest BCUT2D eigenvalue weighted by Crippen LogP contribution is 2.47. The van der Waals surface area contributed by atoms with Gasteiger partial charge in [-0.3, -0.25) is 14.4 Å². The number of amides is 2. The van der Waals surface area contributed by atoms with Gasteiger partial charge in [-0.15, -0.1) is 0 Å². The van der Waals surface area contributed by atoms with Crippen molar-refractivity contribution in [2.24, 2.45) is 5.92 Å². The Kier molecular flexibility index (Phi) is 3.80. The fourth-order valence-electron chi connectivity index (χ4n) is 3.91. The van der Waals surface area contributed by atoms with E-state index < -0.39 is 18.1 Å². The molecular weight excluding hydrogens is 356 g/mol. The fourth-order valence-corrected chi connectivity index (χ4v) is 3.91. The first-order valence-electron chi connectivity index (χ1n) is 9.14. The van der Waals surface area contributed by atoms with Gasteiger partial charge in [-0.1, -0.05) is 35.9 Å². The molecule has 5 rings (SSSR count). The number of aryl methyl sites for hydroxylation is 1. The SMILES string of the molecule is Cc1ccc(N2C(=O)[C@H]3[C@@H](c4ccco4)N(c4ccccc4)O[C@H]3C2=O)cc1. The van der Waals surface area contributed by atoms with E-state index >= 15 is 0 Å². The number of rotatable bonds is 3. The number of furan rings is 1. The molecule has 1 aromatic heterocycles. The normalized spacial score (nSPS) is 24.1. The molecule has 0 N–H and O–H groups in total. The van der Waals surface area contributed by atoms with Crippen LogP contribution in [-0.2, 0) is 14.4 Å². The number of anilines is 2. The molecule has 3 atom stereocenters. The molecule has 0 spiro atoms. The summed E-state index contributed by atoms with van der Waals surface area (Å²) in [6.45, 7) is 1.96. The Morgan fingerprint density at radius 1 is 0.821 bits per heavy atom. The standard InChI is InChI=1S/C22H18N2O4/c1-14-9-11-15(12-10-14)23-21(25)18-19(17-8-5-13-27-17)24(28-20(18)22(23)26)16-6-3-2-4-7-16/h2-13,18-20H,1H3/t18-,19+,20+/m0/s1. The second-order valence-electron chi connectivity index (χ2n) is 7.02. The number of hydrogen-bond acceptors (Lipinski definition) is 5. The monoisotopic (exact) mass is 374 g/mol. The lowest BCUT2D eigenvalue weighted by molar-refractivity contribution is -0.126. The van der Waals surface area contributed by atoms with Crippen molar-refractivity contribution in [3.8, 4) is 0 Å². The minimum absolute atomic E-state index is 0.279. The molecule has 6 nitrogen and oxygen atoms in total. The van der Waals surface area contributed by atoms with E-state index in [2.05, 4.69) is 0 Å². The van der Waals surface area contributed by atoms with E-state index in [9.17, 15) is 9.59 Å². The van der Waals surface area contributed by atoms with Crippen LogP contribution in [0.1, 0.15) is 17.4 Å². The summed E-state index contributed by atoms with van der Waals surface area (Å²) >= 11 is 0. The van der Waals surface area contributed by atoms with Crippen LogP contribution in [0.4, 0.5) is 11.4 Å². The van der Waals surface area contributed by atoms with Gasteiger partial charge in [0.15, 0.2) is 6.10 Å². The molecule has 2 fully saturated rings. The Hall–Kier alpha value is -3.38. The minimum atomic E-state index is -0.885. The first kappa shape index (κ1) is 16.8. The lowest BCUT2D eigenvalue weighted by Crippen LogP contribution is -2.37. The summed E-state index contributed by atoms with van der Waals surface area (Å²) < 4.78 is 5.61. The van der Waals surface area contributed by atoms with E-state index in [4.69, 9.17) is 9.25 Å². The van der Waals surface area contributed by atoms with Crippen LogP contribution in [0.2, 0.25) is 0 Å². The van der Waals surface area contributed by atoms with Gasteiger partial charge in [-0.2, -0.15) is 0 Å². The van der Waals surface area contributed by atoms with Gasteiger partial charge in [0, 0.05) is 0 Å². The third kappa shape index (κ3) is 2.46. The second-order valence-corrected chi connectivity index (χ2v) is 7.02. The van der Waals surface area contributed by atoms with Crippen molar-refractivity contribution in [2.75, 3.05) is 9.96 Å². The molecule has 6 heteroatoms. The maximum Gasteiger partial charge on any atom is 0.266 e. The molecule has 0 bridgehead atoms. The largest absolute Gasteiger partial charge is 0.467 e. The summed E-state index contributed by atoms with van der Waals surface area (Å²) in [5.74, 6) is -0.726. The van der Waals surface area contributed by atoms with E-state index in [-0.39, 0.29) is 11.8 Å². The Morgan fingerprint density at radius 2 is 1.57 bits per heavy atom. The van der Waals surface area contributed by atoms with Crippen molar-refractivity contribution >= 4 is 23.2 Å². The van der Waals surface area contributed by atoms with Crippen LogP contribution in [0.5, 0.6) is 0 Å². The molecule has 0 aliphatic carbocycles. The molecule has 0 unspecified atom stereocenters. The molecule has 2 aliphatic rings.